The van der Waals surface area contributed by atoms with Gasteiger partial charge in [0.05, 0.1) is 18.6 Å². The zero-order valence-corrected chi connectivity index (χ0v) is 15.2. The Morgan fingerprint density at radius 1 is 0.708 bits per heavy atom. The summed E-state index contributed by atoms with van der Waals surface area (Å²) in [5.74, 6) is -1.42. The fraction of sp³-hybridized carbons (Fsp3) is 0.947. The van der Waals surface area contributed by atoms with E-state index in [9.17, 15) is 9.90 Å². The van der Waals surface area contributed by atoms with Crippen LogP contribution in [-0.2, 0) is 4.79 Å². The minimum atomic E-state index is -0.922. The molecule has 0 aliphatic rings. The largest absolute Gasteiger partial charge is 0.481 e. The molecule has 0 saturated carbocycles. The van der Waals surface area contributed by atoms with Crippen LogP contribution >= 0.6 is 0 Å². The van der Waals surface area contributed by atoms with Gasteiger partial charge in [0.1, 0.15) is 0 Å². The highest BCUT2D eigenvalue weighted by molar-refractivity contribution is 5.69. The quantitative estimate of drug-likeness (QED) is 0.285. The second-order valence-corrected chi connectivity index (χ2v) is 6.86. The van der Waals surface area contributed by atoms with E-state index in [0.717, 1.165) is 32.1 Å². The SMILES string of the molecule is O=C(O)C(CCCCCCCCCCCCCCO)CC(O)CO. The van der Waals surface area contributed by atoms with Gasteiger partial charge in [-0.1, -0.05) is 70.6 Å². The molecular weight excluding hydrogens is 308 g/mol. The minimum Gasteiger partial charge on any atom is -0.481 e. The van der Waals surface area contributed by atoms with E-state index >= 15 is 0 Å². The molecule has 0 aliphatic heterocycles. The maximum Gasteiger partial charge on any atom is 0.306 e. The molecule has 0 bridgehead atoms. The molecule has 0 rings (SSSR count). The van der Waals surface area contributed by atoms with Gasteiger partial charge >= 0.3 is 5.97 Å². The lowest BCUT2D eigenvalue weighted by molar-refractivity contribution is -0.143. The average Bonchev–Trinajstić information content (AvgIpc) is 2.57. The van der Waals surface area contributed by atoms with E-state index in [2.05, 4.69) is 0 Å². The van der Waals surface area contributed by atoms with Crippen LogP contribution in [0.15, 0.2) is 0 Å². The number of hydrogen-bond acceptors (Lipinski definition) is 4. The minimum absolute atomic E-state index is 0.143. The maximum absolute atomic E-state index is 11.1. The molecule has 0 aromatic carbocycles. The Kier molecular flexibility index (Phi) is 16.7. The molecule has 0 aliphatic carbocycles. The molecule has 0 aromatic rings. The summed E-state index contributed by atoms with van der Waals surface area (Å²) in [7, 11) is 0. The first-order chi connectivity index (χ1) is 11.6. The normalized spacial score (nSPS) is 13.8. The van der Waals surface area contributed by atoms with Gasteiger partial charge in [0.15, 0.2) is 0 Å². The van der Waals surface area contributed by atoms with Gasteiger partial charge in [-0.25, -0.2) is 0 Å². The lowest BCUT2D eigenvalue weighted by Gasteiger charge is -2.15. The molecule has 0 heterocycles. The Morgan fingerprint density at radius 2 is 1.12 bits per heavy atom. The van der Waals surface area contributed by atoms with Crippen molar-refractivity contribution in [3.8, 4) is 0 Å². The summed E-state index contributed by atoms with van der Waals surface area (Å²) in [6, 6.07) is 0. The smallest absolute Gasteiger partial charge is 0.306 e. The van der Waals surface area contributed by atoms with Crippen molar-refractivity contribution in [2.45, 2.75) is 96.0 Å². The Balaban J connectivity index is 3.38. The van der Waals surface area contributed by atoms with Gasteiger partial charge in [0.2, 0.25) is 0 Å². The standard InChI is InChI=1S/C19H38O5/c20-14-12-10-8-6-4-2-1-3-5-7-9-11-13-17(19(23)24)15-18(22)16-21/h17-18,20-22H,1-16H2,(H,23,24). The van der Waals surface area contributed by atoms with E-state index in [1.807, 2.05) is 0 Å². The molecule has 0 aromatic heterocycles. The topological polar surface area (TPSA) is 98.0 Å². The van der Waals surface area contributed by atoms with Crippen molar-refractivity contribution in [1.29, 1.82) is 0 Å². The summed E-state index contributed by atoms with van der Waals surface area (Å²) in [4.78, 5) is 11.1. The highest BCUT2D eigenvalue weighted by atomic mass is 16.4. The number of unbranched alkanes of at least 4 members (excludes halogenated alkanes) is 11. The van der Waals surface area contributed by atoms with Gasteiger partial charge in [-0.15, -0.1) is 0 Å². The van der Waals surface area contributed by atoms with Crippen LogP contribution in [0.4, 0.5) is 0 Å². The van der Waals surface area contributed by atoms with E-state index in [1.165, 1.54) is 44.9 Å². The fourth-order valence-corrected chi connectivity index (χ4v) is 3.02. The van der Waals surface area contributed by atoms with E-state index in [4.69, 9.17) is 15.3 Å². The fourth-order valence-electron chi connectivity index (χ4n) is 3.02. The number of aliphatic hydroxyl groups is 3. The van der Waals surface area contributed by atoms with Crippen molar-refractivity contribution >= 4 is 5.97 Å². The van der Waals surface area contributed by atoms with Gasteiger partial charge < -0.3 is 20.4 Å². The molecule has 4 N–H and O–H groups in total. The summed E-state index contributed by atoms with van der Waals surface area (Å²) in [5, 5.41) is 35.9. The van der Waals surface area contributed by atoms with Crippen molar-refractivity contribution in [3.05, 3.63) is 0 Å². The van der Waals surface area contributed by atoms with Crippen LogP contribution in [0.1, 0.15) is 89.9 Å². The zero-order valence-electron chi connectivity index (χ0n) is 15.2. The van der Waals surface area contributed by atoms with Crippen molar-refractivity contribution in [1.82, 2.24) is 0 Å². The van der Waals surface area contributed by atoms with E-state index < -0.39 is 18.0 Å². The van der Waals surface area contributed by atoms with Gasteiger partial charge in [-0.3, -0.25) is 4.79 Å². The molecule has 2 atom stereocenters. The molecule has 24 heavy (non-hydrogen) atoms. The predicted molar refractivity (Wildman–Crippen MR) is 95.9 cm³/mol. The second-order valence-electron chi connectivity index (χ2n) is 6.86. The van der Waals surface area contributed by atoms with Gasteiger partial charge in [-0.2, -0.15) is 0 Å². The lowest BCUT2D eigenvalue weighted by atomic mass is 9.94. The van der Waals surface area contributed by atoms with Crippen LogP contribution in [0.25, 0.3) is 0 Å². The van der Waals surface area contributed by atoms with Crippen molar-refractivity contribution in [3.63, 3.8) is 0 Å². The number of rotatable bonds is 18. The Bertz CT molecular complexity index is 283. The third-order valence-corrected chi connectivity index (χ3v) is 4.58. The van der Waals surface area contributed by atoms with Crippen molar-refractivity contribution < 1.29 is 25.2 Å². The molecule has 0 amide bonds. The van der Waals surface area contributed by atoms with Crippen molar-refractivity contribution in [2.24, 2.45) is 5.92 Å². The summed E-state index contributed by atoms with van der Waals surface area (Å²) in [6.45, 7) is -0.0551. The lowest BCUT2D eigenvalue weighted by Crippen LogP contribution is -2.23. The highest BCUT2D eigenvalue weighted by Crippen LogP contribution is 2.18. The Labute approximate surface area is 147 Å². The first-order valence-electron chi connectivity index (χ1n) is 9.74. The third kappa shape index (κ3) is 14.9. The van der Waals surface area contributed by atoms with Crippen LogP contribution in [0.2, 0.25) is 0 Å². The van der Waals surface area contributed by atoms with E-state index in [0.29, 0.717) is 13.0 Å². The summed E-state index contributed by atoms with van der Waals surface area (Å²) < 4.78 is 0. The molecule has 2 unspecified atom stereocenters. The number of carbonyl (C=O) groups is 1. The van der Waals surface area contributed by atoms with E-state index in [-0.39, 0.29) is 13.0 Å². The highest BCUT2D eigenvalue weighted by Gasteiger charge is 2.20. The second kappa shape index (κ2) is 17.2. The molecule has 0 spiro atoms. The molecule has 5 nitrogen and oxygen atoms in total. The monoisotopic (exact) mass is 346 g/mol. The van der Waals surface area contributed by atoms with Gasteiger partial charge in [-0.05, 0) is 19.3 Å². The first-order valence-corrected chi connectivity index (χ1v) is 9.74. The third-order valence-electron chi connectivity index (χ3n) is 4.58. The molecule has 5 heteroatoms. The predicted octanol–water partition coefficient (Wildman–Crippen LogP) is 3.49. The molecule has 0 radical (unpaired) electrons. The van der Waals surface area contributed by atoms with Crippen LogP contribution in [0.3, 0.4) is 0 Å². The summed E-state index contributed by atoms with van der Waals surface area (Å²) in [6.07, 6.45) is 13.8. The zero-order chi connectivity index (χ0) is 18.0. The van der Waals surface area contributed by atoms with Crippen LogP contribution < -0.4 is 0 Å². The van der Waals surface area contributed by atoms with Crippen molar-refractivity contribution in [2.75, 3.05) is 13.2 Å². The molecule has 144 valence electrons. The number of aliphatic carboxylic acids is 1. The van der Waals surface area contributed by atoms with Crippen LogP contribution in [0, 0.1) is 5.92 Å². The number of aliphatic hydroxyl groups excluding tert-OH is 3. The van der Waals surface area contributed by atoms with Gasteiger partial charge in [0, 0.05) is 6.61 Å². The van der Waals surface area contributed by atoms with Crippen LogP contribution in [-0.4, -0.2) is 45.7 Å². The number of carboxylic acids is 1. The molecular formula is C19H38O5. The maximum atomic E-state index is 11.1. The molecule has 0 saturated heterocycles. The molecule has 0 fully saturated rings. The number of carboxylic acid groups (broad SMARTS) is 1. The summed E-state index contributed by atoms with van der Waals surface area (Å²) >= 11 is 0. The van der Waals surface area contributed by atoms with Gasteiger partial charge in [0.25, 0.3) is 0 Å². The Morgan fingerprint density at radius 3 is 1.50 bits per heavy atom. The van der Waals surface area contributed by atoms with Crippen LogP contribution in [0.5, 0.6) is 0 Å². The first kappa shape index (κ1) is 23.4. The Hall–Kier alpha value is -0.650. The number of hydrogen-bond donors (Lipinski definition) is 4. The average molecular weight is 347 g/mol. The summed E-state index contributed by atoms with van der Waals surface area (Å²) in [5.41, 5.74) is 0. The van der Waals surface area contributed by atoms with E-state index in [1.54, 1.807) is 0 Å².